The third-order valence-corrected chi connectivity index (χ3v) is 11.0. The molecule has 1 unspecified atom stereocenters. The summed E-state index contributed by atoms with van der Waals surface area (Å²) in [6.07, 6.45) is 21.3. The van der Waals surface area contributed by atoms with E-state index in [0.29, 0.717) is 0 Å². The molecule has 1 aromatic heterocycles. The van der Waals surface area contributed by atoms with E-state index in [1.165, 1.54) is 52.7 Å². The van der Waals surface area contributed by atoms with Crippen LogP contribution in [0.15, 0.2) is 116 Å². The first-order valence-corrected chi connectivity index (χ1v) is 20.1. The molecule has 0 aliphatic carbocycles. The van der Waals surface area contributed by atoms with Crippen LogP contribution in [0.3, 0.4) is 0 Å². The Balaban J connectivity index is 1.25. The molecule has 0 amide bonds. The van der Waals surface area contributed by atoms with Crippen LogP contribution in [0.5, 0.6) is 0 Å². The Labute approximate surface area is 311 Å². The van der Waals surface area contributed by atoms with Crippen molar-refractivity contribution in [3.63, 3.8) is 0 Å². The topological polar surface area (TPSA) is 31.4 Å². The number of aromatic nitrogens is 1. The van der Waals surface area contributed by atoms with Crippen molar-refractivity contribution in [1.82, 2.24) is 0 Å². The number of rotatable bonds is 22. The Bertz CT molecular complexity index is 1520. The van der Waals surface area contributed by atoms with Gasteiger partial charge in [0.15, 0.2) is 18.9 Å². The van der Waals surface area contributed by atoms with E-state index in [4.69, 9.17) is 0 Å². The van der Waals surface area contributed by atoms with E-state index < -0.39 is 0 Å². The van der Waals surface area contributed by atoms with Crippen molar-refractivity contribution in [2.75, 3.05) is 103 Å². The Morgan fingerprint density at radius 3 is 1.90 bits per heavy atom. The highest BCUT2D eigenvalue weighted by Gasteiger charge is 2.17. The molecule has 1 heterocycles. The molecule has 0 saturated heterocycles. The monoisotopic (exact) mass is 714 g/mol. The standard InChI is InChI=1S/C42H60N6S2/c1-9-10-37(11-12-38-15-19-41(20-16-38)44(2)3)23-26-43-27-30-46(6)32-35-49-50-36-34-48(7,8)33-31-47-28-24-40(25-29-47)14-13-39-17-21-42(22-18-39)45(4)5/h9-26,28-29,43H,1,27,30-36H2,2-8H3/q+2/p+2/b12-11+,26-23-,37-10-. The van der Waals surface area contributed by atoms with E-state index in [0.717, 1.165) is 36.2 Å². The first-order valence-electron chi connectivity index (χ1n) is 17.6. The molecule has 3 rings (SSSR count). The minimum atomic E-state index is 1.02. The van der Waals surface area contributed by atoms with E-state index in [1.54, 1.807) is 4.90 Å². The van der Waals surface area contributed by atoms with E-state index in [1.807, 2.05) is 33.7 Å². The van der Waals surface area contributed by atoms with E-state index in [-0.39, 0.29) is 0 Å². The highest BCUT2D eigenvalue weighted by atomic mass is 33.1. The van der Waals surface area contributed by atoms with Gasteiger partial charge in [0.2, 0.25) is 0 Å². The molecule has 0 radical (unpaired) electrons. The third kappa shape index (κ3) is 16.5. The Morgan fingerprint density at radius 2 is 1.32 bits per heavy atom. The fourth-order valence-corrected chi connectivity index (χ4v) is 7.45. The lowest BCUT2D eigenvalue weighted by atomic mass is 10.1. The molecule has 2 aromatic carbocycles. The van der Waals surface area contributed by atoms with Crippen molar-refractivity contribution in [3.8, 4) is 0 Å². The maximum Gasteiger partial charge on any atom is 0.196 e. The summed E-state index contributed by atoms with van der Waals surface area (Å²) in [6.45, 7) is 10.6. The number of hydrogen-bond donors (Lipinski definition) is 2. The first-order chi connectivity index (χ1) is 24.0. The molecule has 0 aliphatic rings. The normalized spacial score (nSPS) is 13.1. The number of likely N-dealkylation sites (N-methyl/N-ethyl adjacent to an activating group) is 2. The molecule has 268 valence electrons. The van der Waals surface area contributed by atoms with Crippen LogP contribution >= 0.6 is 21.6 Å². The van der Waals surface area contributed by atoms with Crippen LogP contribution in [0.4, 0.5) is 11.4 Å². The molecule has 8 heteroatoms. The number of allylic oxidation sites excluding steroid dienone is 5. The summed E-state index contributed by atoms with van der Waals surface area (Å²) in [4.78, 5) is 5.82. The molecule has 50 heavy (non-hydrogen) atoms. The molecule has 0 spiro atoms. The van der Waals surface area contributed by atoms with Crippen molar-refractivity contribution in [3.05, 3.63) is 132 Å². The number of nitrogens with one attached hydrogen (secondary N) is 1. The van der Waals surface area contributed by atoms with Crippen molar-refractivity contribution in [2.45, 2.75) is 6.54 Å². The summed E-state index contributed by atoms with van der Waals surface area (Å²) in [5.74, 6) is 2.36. The van der Waals surface area contributed by atoms with Gasteiger partial charge < -0.3 is 24.5 Å². The molecule has 0 fully saturated rings. The molecule has 3 aromatic rings. The van der Waals surface area contributed by atoms with Crippen LogP contribution in [-0.4, -0.2) is 98.0 Å². The van der Waals surface area contributed by atoms with Crippen LogP contribution < -0.4 is 24.6 Å². The minimum Gasteiger partial charge on any atom is -0.378 e. The van der Waals surface area contributed by atoms with Gasteiger partial charge in [-0.3, -0.25) is 0 Å². The number of nitrogens with two attached hydrogens (primary N) is 1. The number of nitrogens with zero attached hydrogens (tertiary/aromatic N) is 4. The Kier molecular flexibility index (Phi) is 18.3. The molecule has 6 nitrogen and oxygen atoms in total. The van der Waals surface area contributed by atoms with Crippen LogP contribution in [0.2, 0.25) is 0 Å². The molecule has 1 atom stereocenters. The molecule has 0 aliphatic heterocycles. The third-order valence-electron chi connectivity index (χ3n) is 8.58. The predicted molar refractivity (Wildman–Crippen MR) is 224 cm³/mol. The summed E-state index contributed by atoms with van der Waals surface area (Å²) < 4.78 is 3.33. The van der Waals surface area contributed by atoms with Gasteiger partial charge in [-0.1, -0.05) is 88.9 Å². The van der Waals surface area contributed by atoms with E-state index >= 15 is 0 Å². The van der Waals surface area contributed by atoms with Crippen LogP contribution in [-0.2, 0) is 6.54 Å². The summed E-state index contributed by atoms with van der Waals surface area (Å²) in [5, 5.41) is 2.28. The summed E-state index contributed by atoms with van der Waals surface area (Å²) in [5.41, 5.74) is 7.19. The zero-order valence-corrected chi connectivity index (χ0v) is 33.2. The molecule has 0 saturated carbocycles. The molecule has 3 N–H and O–H groups in total. The van der Waals surface area contributed by atoms with Crippen LogP contribution in [0.25, 0.3) is 18.2 Å². The highest BCUT2D eigenvalue weighted by Crippen LogP contribution is 2.20. The number of anilines is 2. The van der Waals surface area contributed by atoms with Crippen LogP contribution in [0, 0.1) is 0 Å². The average Bonchev–Trinajstić information content (AvgIpc) is 3.11. The maximum absolute atomic E-state index is 3.88. The molecular weight excluding hydrogens is 653 g/mol. The van der Waals surface area contributed by atoms with Gasteiger partial charge in [-0.15, -0.1) is 0 Å². The Hall–Kier alpha value is -3.53. The van der Waals surface area contributed by atoms with Gasteiger partial charge >= 0.3 is 0 Å². The molecular formula is C42H62N6S2+4. The van der Waals surface area contributed by atoms with Crippen molar-refractivity contribution in [2.24, 2.45) is 0 Å². The van der Waals surface area contributed by atoms with Crippen LogP contribution in [0.1, 0.15) is 16.7 Å². The summed E-state index contributed by atoms with van der Waals surface area (Å²) in [6, 6.07) is 21.6. The van der Waals surface area contributed by atoms with Gasteiger partial charge in [-0.2, -0.15) is 4.57 Å². The summed E-state index contributed by atoms with van der Waals surface area (Å²) >= 11 is 0. The quantitative estimate of drug-likeness (QED) is 0.0496. The lowest BCUT2D eigenvalue weighted by molar-refractivity contribution is -0.907. The highest BCUT2D eigenvalue weighted by molar-refractivity contribution is 8.76. The second-order valence-electron chi connectivity index (χ2n) is 13.8. The minimum absolute atomic E-state index is 1.02. The number of benzene rings is 2. The second kappa shape index (κ2) is 22.3. The smallest absolute Gasteiger partial charge is 0.196 e. The largest absolute Gasteiger partial charge is 0.378 e. The second-order valence-corrected chi connectivity index (χ2v) is 16.5. The fraction of sp³-hybridized carbons (Fsp3) is 0.357. The number of quaternary nitrogens is 3. The number of hydrogen-bond acceptors (Lipinski definition) is 4. The van der Waals surface area contributed by atoms with Gasteiger partial charge in [-0.25, -0.2) is 0 Å². The fourth-order valence-electron chi connectivity index (χ4n) is 5.03. The lowest BCUT2D eigenvalue weighted by Crippen LogP contribution is -3.12. The van der Waals surface area contributed by atoms with E-state index in [2.05, 4.69) is 185 Å². The zero-order chi connectivity index (χ0) is 36.2. The molecule has 0 bridgehead atoms. The lowest BCUT2D eigenvalue weighted by Gasteiger charge is -2.28. The number of pyridine rings is 1. The average molecular weight is 715 g/mol. The van der Waals surface area contributed by atoms with Crippen molar-refractivity contribution in [1.29, 1.82) is 0 Å². The van der Waals surface area contributed by atoms with Gasteiger partial charge in [0.05, 0.1) is 51.9 Å². The van der Waals surface area contributed by atoms with Gasteiger partial charge in [0.1, 0.15) is 19.6 Å². The van der Waals surface area contributed by atoms with Gasteiger partial charge in [-0.05, 0) is 52.6 Å². The van der Waals surface area contributed by atoms with Gasteiger partial charge in [0, 0.05) is 51.7 Å². The Morgan fingerprint density at radius 1 is 0.760 bits per heavy atom. The van der Waals surface area contributed by atoms with Gasteiger partial charge in [0.25, 0.3) is 0 Å². The first kappa shape index (κ1) is 40.9. The summed E-state index contributed by atoms with van der Waals surface area (Å²) in [7, 11) is 19.3. The van der Waals surface area contributed by atoms with E-state index in [9.17, 15) is 0 Å². The maximum atomic E-state index is 3.88. The predicted octanol–water partition coefficient (Wildman–Crippen LogP) is 5.15. The van der Waals surface area contributed by atoms with Crippen molar-refractivity contribution < 1.29 is 19.3 Å². The van der Waals surface area contributed by atoms with Crippen molar-refractivity contribution >= 4 is 51.2 Å². The SMILES string of the molecule is C=C/C=C(\C=C/[NH2+]CC[NH+](C)CCSSCC[N+](C)(C)CC[n+]1ccc(/C=C/c2ccc(N(C)C)cc2)cc1)/C=C/c1ccc(N(C)C)cc1. The zero-order valence-electron chi connectivity index (χ0n) is 31.6.